The highest BCUT2D eigenvalue weighted by Gasteiger charge is 2.36. The normalized spacial score (nSPS) is 19.2. The van der Waals surface area contributed by atoms with Crippen molar-refractivity contribution >= 4 is 18.4 Å². The molecule has 0 aliphatic heterocycles. The van der Waals surface area contributed by atoms with Gasteiger partial charge in [0.1, 0.15) is 17.3 Å². The zero-order chi connectivity index (χ0) is 18.1. The number of nitrogens with one attached hydrogen (secondary N) is 1. The summed E-state index contributed by atoms with van der Waals surface area (Å²) >= 11 is 5.30. The van der Waals surface area contributed by atoms with E-state index in [0.29, 0.717) is 34.8 Å². The number of hydrogen-bond acceptors (Lipinski definition) is 5. The third kappa shape index (κ3) is 3.35. The number of rotatable bonds is 6. The van der Waals surface area contributed by atoms with Crippen LogP contribution in [0.3, 0.4) is 0 Å². The molecule has 2 heterocycles. The zero-order valence-corrected chi connectivity index (χ0v) is 15.5. The fraction of sp³-hybridized carbons (Fsp3) is 0.316. The van der Waals surface area contributed by atoms with Gasteiger partial charge in [0.2, 0.25) is 4.77 Å². The number of H-pyrrole nitrogens is 1. The van der Waals surface area contributed by atoms with Gasteiger partial charge in [0.25, 0.3) is 0 Å². The van der Waals surface area contributed by atoms with E-state index in [0.717, 1.165) is 17.1 Å². The van der Waals surface area contributed by atoms with E-state index in [-0.39, 0.29) is 0 Å². The van der Waals surface area contributed by atoms with Crippen molar-refractivity contribution in [3.8, 4) is 17.1 Å². The number of aromatic amines is 1. The predicted molar refractivity (Wildman–Crippen MR) is 102 cm³/mol. The molecule has 0 unspecified atom stereocenters. The van der Waals surface area contributed by atoms with Crippen LogP contribution in [-0.4, -0.2) is 27.7 Å². The van der Waals surface area contributed by atoms with Crippen LogP contribution >= 0.6 is 12.2 Å². The van der Waals surface area contributed by atoms with E-state index in [1.807, 2.05) is 43.3 Å². The number of aromatic nitrogens is 3. The minimum Gasteiger partial charge on any atom is -0.494 e. The Morgan fingerprint density at radius 2 is 2.12 bits per heavy atom. The van der Waals surface area contributed by atoms with Gasteiger partial charge < -0.3 is 9.15 Å². The summed E-state index contributed by atoms with van der Waals surface area (Å²) in [5, 5.41) is 11.5. The molecule has 0 spiro atoms. The van der Waals surface area contributed by atoms with Gasteiger partial charge in [0, 0.05) is 11.5 Å². The van der Waals surface area contributed by atoms with Crippen molar-refractivity contribution in [2.45, 2.75) is 26.2 Å². The third-order valence-electron chi connectivity index (χ3n) is 4.50. The molecule has 134 valence electrons. The van der Waals surface area contributed by atoms with Gasteiger partial charge in [-0.05, 0) is 67.9 Å². The van der Waals surface area contributed by atoms with Crippen LogP contribution in [0.2, 0.25) is 0 Å². The first-order valence-electron chi connectivity index (χ1n) is 8.70. The molecule has 3 aromatic rings. The van der Waals surface area contributed by atoms with Crippen LogP contribution in [0.25, 0.3) is 11.4 Å². The summed E-state index contributed by atoms with van der Waals surface area (Å²) in [5.74, 6) is 4.45. The van der Waals surface area contributed by atoms with Gasteiger partial charge in [-0.15, -0.1) is 0 Å². The van der Waals surface area contributed by atoms with E-state index < -0.39 is 0 Å². The van der Waals surface area contributed by atoms with Crippen molar-refractivity contribution in [2.24, 2.45) is 11.0 Å². The Morgan fingerprint density at radius 1 is 1.35 bits per heavy atom. The topological polar surface area (TPSA) is 68.3 Å². The molecule has 1 fully saturated rings. The van der Waals surface area contributed by atoms with E-state index in [4.69, 9.17) is 21.4 Å². The molecular formula is C19H20N4O2S. The summed E-state index contributed by atoms with van der Waals surface area (Å²) in [6.45, 7) is 4.82. The van der Waals surface area contributed by atoms with Gasteiger partial charge in [-0.25, -0.2) is 5.10 Å². The van der Waals surface area contributed by atoms with Crippen LogP contribution in [0, 0.1) is 10.7 Å². The second-order valence-electron chi connectivity index (χ2n) is 6.43. The lowest BCUT2D eigenvalue weighted by atomic mass is 10.2. The van der Waals surface area contributed by atoms with Crippen molar-refractivity contribution in [3.63, 3.8) is 0 Å². The van der Waals surface area contributed by atoms with Crippen molar-refractivity contribution in [1.29, 1.82) is 0 Å². The lowest BCUT2D eigenvalue weighted by Gasteiger charge is -2.04. The number of hydrogen-bond donors (Lipinski definition) is 1. The lowest BCUT2D eigenvalue weighted by Crippen LogP contribution is -1.95. The molecular weight excluding hydrogens is 348 g/mol. The highest BCUT2D eigenvalue weighted by molar-refractivity contribution is 7.71. The maximum absolute atomic E-state index is 5.86. The first-order chi connectivity index (χ1) is 12.7. The first kappa shape index (κ1) is 16.8. The second kappa shape index (κ2) is 6.92. The molecule has 7 heteroatoms. The van der Waals surface area contributed by atoms with E-state index in [1.54, 1.807) is 10.9 Å². The van der Waals surface area contributed by atoms with Crippen molar-refractivity contribution < 1.29 is 9.15 Å². The SMILES string of the molecule is CCOc1ccc(-c2n[nH]c(=S)n2/N=C\c2ccc([C@@H]3C[C@@H]3C)o2)cc1. The van der Waals surface area contributed by atoms with Gasteiger partial charge >= 0.3 is 0 Å². The third-order valence-corrected chi connectivity index (χ3v) is 4.76. The monoisotopic (exact) mass is 368 g/mol. The first-order valence-corrected chi connectivity index (χ1v) is 9.11. The summed E-state index contributed by atoms with van der Waals surface area (Å²) in [6, 6.07) is 11.6. The minimum atomic E-state index is 0.424. The largest absolute Gasteiger partial charge is 0.494 e. The van der Waals surface area contributed by atoms with E-state index in [9.17, 15) is 0 Å². The Bertz CT molecular complexity index is 984. The van der Waals surface area contributed by atoms with Crippen LogP contribution < -0.4 is 4.74 Å². The summed E-state index contributed by atoms with van der Waals surface area (Å²) in [7, 11) is 0. The summed E-state index contributed by atoms with van der Waals surface area (Å²) in [5.41, 5.74) is 0.893. The number of benzene rings is 1. The highest BCUT2D eigenvalue weighted by atomic mass is 32.1. The molecule has 26 heavy (non-hydrogen) atoms. The molecule has 1 aliphatic carbocycles. The smallest absolute Gasteiger partial charge is 0.216 e. The van der Waals surface area contributed by atoms with Crippen LogP contribution in [0.15, 0.2) is 45.9 Å². The molecule has 0 radical (unpaired) electrons. The quantitative estimate of drug-likeness (QED) is 0.510. The summed E-state index contributed by atoms with van der Waals surface area (Å²) in [4.78, 5) is 0. The number of ether oxygens (including phenoxy) is 1. The average molecular weight is 368 g/mol. The van der Waals surface area contributed by atoms with Crippen LogP contribution in [0.5, 0.6) is 5.75 Å². The molecule has 1 N–H and O–H groups in total. The minimum absolute atomic E-state index is 0.424. The molecule has 1 aromatic carbocycles. The molecule has 1 aliphatic rings. The number of nitrogens with zero attached hydrogens (tertiary/aromatic N) is 3. The Labute approximate surface area is 156 Å². The van der Waals surface area contributed by atoms with Gasteiger partial charge in [-0.2, -0.15) is 14.9 Å². The van der Waals surface area contributed by atoms with Crippen molar-refractivity contribution in [1.82, 2.24) is 14.9 Å². The summed E-state index contributed by atoms with van der Waals surface area (Å²) in [6.07, 6.45) is 2.86. The fourth-order valence-electron chi connectivity index (χ4n) is 2.92. The predicted octanol–water partition coefficient (Wildman–Crippen LogP) is 4.60. The van der Waals surface area contributed by atoms with Crippen molar-refractivity contribution in [2.75, 3.05) is 6.61 Å². The Hall–Kier alpha value is -2.67. The molecule has 0 amide bonds. The second-order valence-corrected chi connectivity index (χ2v) is 6.81. The molecule has 1 saturated carbocycles. The number of furan rings is 1. The van der Waals surface area contributed by atoms with E-state index >= 15 is 0 Å². The fourth-order valence-corrected chi connectivity index (χ4v) is 3.10. The highest BCUT2D eigenvalue weighted by Crippen LogP contribution is 2.47. The van der Waals surface area contributed by atoms with Gasteiger partial charge in [0.15, 0.2) is 5.82 Å². The molecule has 6 nitrogen and oxygen atoms in total. The van der Waals surface area contributed by atoms with Gasteiger partial charge in [-0.3, -0.25) is 0 Å². The molecule has 2 aromatic heterocycles. The summed E-state index contributed by atoms with van der Waals surface area (Å²) < 4.78 is 13.3. The maximum atomic E-state index is 5.86. The molecule has 2 atom stereocenters. The van der Waals surface area contributed by atoms with E-state index in [1.165, 1.54) is 6.42 Å². The van der Waals surface area contributed by atoms with Crippen LogP contribution in [-0.2, 0) is 0 Å². The van der Waals surface area contributed by atoms with E-state index in [2.05, 4.69) is 22.2 Å². The Kier molecular flexibility index (Phi) is 4.46. The molecule has 0 bridgehead atoms. The average Bonchev–Trinajstić information content (AvgIpc) is 3.04. The molecule has 4 rings (SSSR count). The van der Waals surface area contributed by atoms with Crippen molar-refractivity contribution in [3.05, 3.63) is 52.7 Å². The molecule has 0 saturated heterocycles. The Balaban J connectivity index is 1.58. The standard InChI is InChI=1S/C19H20N4O2S/c1-3-24-14-6-4-13(5-7-14)18-21-22-19(26)23(18)20-11-15-8-9-17(25-15)16-10-12(16)2/h4-9,11-12,16H,3,10H2,1-2H3,(H,22,26)/b20-11-/t12-,16+/m0/s1. The Morgan fingerprint density at radius 3 is 2.81 bits per heavy atom. The van der Waals surface area contributed by atoms with Crippen LogP contribution in [0.1, 0.15) is 37.7 Å². The van der Waals surface area contributed by atoms with Gasteiger partial charge in [0.05, 0.1) is 12.8 Å². The zero-order valence-electron chi connectivity index (χ0n) is 14.7. The lowest BCUT2D eigenvalue weighted by molar-refractivity contribution is 0.340. The maximum Gasteiger partial charge on any atom is 0.216 e. The van der Waals surface area contributed by atoms with Crippen LogP contribution in [0.4, 0.5) is 0 Å². The van der Waals surface area contributed by atoms with Gasteiger partial charge in [-0.1, -0.05) is 6.92 Å².